The normalized spacial score (nSPS) is 19.3. The summed E-state index contributed by atoms with van der Waals surface area (Å²) < 4.78 is 51.4. The van der Waals surface area contributed by atoms with Gasteiger partial charge in [-0.05, 0) is 79.0 Å². The van der Waals surface area contributed by atoms with Gasteiger partial charge in [-0.3, -0.25) is 14.4 Å². The number of rotatable bonds is 15. The second kappa shape index (κ2) is 16.2. The van der Waals surface area contributed by atoms with Crippen molar-refractivity contribution >= 4 is 29.8 Å². The van der Waals surface area contributed by atoms with Gasteiger partial charge in [-0.15, -0.1) is 0 Å². The van der Waals surface area contributed by atoms with Crippen molar-refractivity contribution in [3.8, 4) is 5.75 Å². The van der Waals surface area contributed by atoms with Crippen molar-refractivity contribution < 1.29 is 52.0 Å². The Balaban J connectivity index is 1.26. The summed E-state index contributed by atoms with van der Waals surface area (Å²) in [5.41, 5.74) is 5.00. The Morgan fingerprint density at radius 1 is 1.02 bits per heavy atom. The van der Waals surface area contributed by atoms with Crippen LogP contribution in [0.25, 0.3) is 5.57 Å². The molecule has 3 aromatic rings. The third-order valence-electron chi connectivity index (χ3n) is 9.94. The van der Waals surface area contributed by atoms with E-state index in [2.05, 4.69) is 5.32 Å². The first-order chi connectivity index (χ1) is 25.5. The molecule has 53 heavy (non-hydrogen) atoms. The van der Waals surface area contributed by atoms with E-state index in [0.717, 1.165) is 46.7 Å². The number of hydrogen-bond donors (Lipinski definition) is 3. The zero-order valence-corrected chi connectivity index (χ0v) is 29.0. The molecule has 2 heterocycles. The lowest BCUT2D eigenvalue weighted by molar-refractivity contribution is -0.170. The number of hydrogen-bond acceptors (Lipinski definition) is 8. The molecule has 2 bridgehead atoms. The van der Waals surface area contributed by atoms with Crippen molar-refractivity contribution in [2.45, 2.75) is 75.9 Å². The molecule has 11 nitrogen and oxygen atoms in total. The number of amides is 2. The molecular formula is C39H40F3N3O8. The highest BCUT2D eigenvalue weighted by atomic mass is 19.2. The number of carboxylic acid groups (broad SMARTS) is 1. The van der Waals surface area contributed by atoms with Gasteiger partial charge in [-0.2, -0.15) is 4.39 Å². The maximum Gasteiger partial charge on any atom is 0.337 e. The summed E-state index contributed by atoms with van der Waals surface area (Å²) in [4.78, 5) is 54.2. The zero-order valence-electron chi connectivity index (χ0n) is 29.0. The van der Waals surface area contributed by atoms with E-state index in [-0.39, 0.29) is 44.2 Å². The molecule has 2 amide bonds. The first-order valence-corrected chi connectivity index (χ1v) is 17.5. The van der Waals surface area contributed by atoms with E-state index in [0.29, 0.717) is 37.4 Å². The summed E-state index contributed by atoms with van der Waals surface area (Å²) in [6.07, 6.45) is -1.32. The van der Waals surface area contributed by atoms with Gasteiger partial charge in [0.25, 0.3) is 18.3 Å². The van der Waals surface area contributed by atoms with Gasteiger partial charge in [0.2, 0.25) is 11.9 Å². The average molecular weight is 736 g/mol. The van der Waals surface area contributed by atoms with E-state index in [1.54, 1.807) is 0 Å². The van der Waals surface area contributed by atoms with Crippen molar-refractivity contribution in [2.24, 2.45) is 0 Å². The second-order valence-electron chi connectivity index (χ2n) is 13.6. The smallest absolute Gasteiger partial charge is 0.337 e. The lowest BCUT2D eigenvalue weighted by Crippen LogP contribution is -2.64. The molecule has 1 saturated heterocycles. The highest BCUT2D eigenvalue weighted by molar-refractivity contribution is 6.03. The molecule has 0 unspecified atom stereocenters. The molecule has 2 aliphatic heterocycles. The number of benzene rings is 3. The first-order valence-electron chi connectivity index (χ1n) is 17.5. The van der Waals surface area contributed by atoms with Crippen molar-refractivity contribution in [1.82, 2.24) is 15.1 Å². The predicted octanol–water partition coefficient (Wildman–Crippen LogP) is 3.93. The van der Waals surface area contributed by atoms with Gasteiger partial charge in [0.05, 0.1) is 12.6 Å². The van der Waals surface area contributed by atoms with Crippen LogP contribution in [0.4, 0.5) is 13.2 Å². The highest BCUT2D eigenvalue weighted by Crippen LogP contribution is 2.38. The van der Waals surface area contributed by atoms with Crippen molar-refractivity contribution in [1.29, 1.82) is 0 Å². The SMILES string of the molecule is Cc1ccccc1CN(C(=O)C1=C(c2ccc(CCCOc3c(F)ccc(F)c3F)cc2)C[C@@H]2CN(C(=O)[C@@H](OC=O)[C@H](O)C(=O)O)C[C@H]1N2)C1CC1. The highest BCUT2D eigenvalue weighted by Gasteiger charge is 2.46. The van der Waals surface area contributed by atoms with Crippen LogP contribution in [-0.2, 0) is 36.9 Å². The van der Waals surface area contributed by atoms with E-state index in [9.17, 15) is 42.6 Å². The minimum Gasteiger partial charge on any atom is -0.488 e. The predicted molar refractivity (Wildman–Crippen MR) is 185 cm³/mol. The fraction of sp³-hybridized carbons (Fsp3) is 0.385. The molecule has 14 heteroatoms. The first kappa shape index (κ1) is 37.5. The van der Waals surface area contributed by atoms with Crippen molar-refractivity contribution in [3.63, 3.8) is 0 Å². The molecule has 0 aromatic heterocycles. The average Bonchev–Trinajstić information content (AvgIpc) is 3.99. The van der Waals surface area contributed by atoms with E-state index >= 15 is 0 Å². The Bertz CT molecular complexity index is 1900. The maximum atomic E-state index is 14.8. The number of aryl methyl sites for hydroxylation is 2. The molecule has 280 valence electrons. The molecule has 4 atom stereocenters. The number of piperazine rings is 1. The molecule has 0 spiro atoms. The van der Waals surface area contributed by atoms with Crippen LogP contribution < -0.4 is 10.1 Å². The molecule has 3 aromatic carbocycles. The van der Waals surface area contributed by atoms with Crippen LogP contribution in [0.5, 0.6) is 5.75 Å². The minimum absolute atomic E-state index is 0.0323. The number of carbonyl (C=O) groups excluding carboxylic acids is 3. The van der Waals surface area contributed by atoms with Crippen LogP contribution in [0.1, 0.15) is 47.9 Å². The van der Waals surface area contributed by atoms with Gasteiger partial charge in [0.15, 0.2) is 23.5 Å². The molecule has 3 N–H and O–H groups in total. The summed E-state index contributed by atoms with van der Waals surface area (Å²) in [7, 11) is 0. The van der Waals surface area contributed by atoms with Crippen molar-refractivity contribution in [2.75, 3.05) is 19.7 Å². The number of ether oxygens (including phenoxy) is 2. The fourth-order valence-electron chi connectivity index (χ4n) is 7.03. The quantitative estimate of drug-likeness (QED) is 0.120. The number of aliphatic hydroxyl groups is 1. The lowest BCUT2D eigenvalue weighted by Gasteiger charge is -2.45. The van der Waals surface area contributed by atoms with Gasteiger partial charge < -0.3 is 34.8 Å². The minimum atomic E-state index is -2.28. The fourth-order valence-corrected chi connectivity index (χ4v) is 7.03. The molecule has 0 radical (unpaired) electrons. The third-order valence-corrected chi connectivity index (χ3v) is 9.94. The van der Waals surface area contributed by atoms with Gasteiger partial charge in [0.1, 0.15) is 0 Å². The lowest BCUT2D eigenvalue weighted by atomic mass is 9.82. The van der Waals surface area contributed by atoms with E-state index in [1.807, 2.05) is 60.4 Å². The maximum absolute atomic E-state index is 14.8. The van der Waals surface area contributed by atoms with Crippen LogP contribution in [0.15, 0.2) is 66.2 Å². The Kier molecular flexibility index (Phi) is 11.5. The zero-order chi connectivity index (χ0) is 37.8. The summed E-state index contributed by atoms with van der Waals surface area (Å²) >= 11 is 0. The van der Waals surface area contributed by atoms with E-state index < -0.39 is 53.3 Å². The number of aliphatic hydroxyl groups excluding tert-OH is 1. The van der Waals surface area contributed by atoms with Crippen LogP contribution in [0, 0.1) is 24.4 Å². The van der Waals surface area contributed by atoms with Crippen LogP contribution >= 0.6 is 0 Å². The molecular weight excluding hydrogens is 695 g/mol. The summed E-state index contributed by atoms with van der Waals surface area (Å²) in [6.45, 7) is 2.31. The van der Waals surface area contributed by atoms with Gasteiger partial charge in [-0.25, -0.2) is 13.6 Å². The van der Waals surface area contributed by atoms with E-state index in [1.165, 1.54) is 4.90 Å². The summed E-state index contributed by atoms with van der Waals surface area (Å²) in [6, 6.07) is 15.9. The van der Waals surface area contributed by atoms with Crippen LogP contribution in [0.3, 0.4) is 0 Å². The number of aliphatic carboxylic acids is 1. The Morgan fingerprint density at radius 2 is 1.74 bits per heavy atom. The molecule has 1 aliphatic carbocycles. The standard InChI is InChI=1S/C39H40F3N3O8/c1-22-5-2-3-7-25(22)18-45(27-12-13-27)37(48)32-28(17-26-19-44(20-31(32)43-26)38(49)36(53-21-46)34(47)39(50)51)24-10-8-23(9-11-24)6-4-16-52-35-30(41)15-14-29(40)33(35)42/h2-3,5,7-11,14-15,21,26-27,31,34,36,43,47H,4,6,12-13,16-20H2,1H3,(H,50,51)/t26-,31-,34+,36+/m1/s1. The van der Waals surface area contributed by atoms with Crippen LogP contribution in [-0.4, -0.2) is 94.3 Å². The molecule has 3 aliphatic rings. The number of nitrogens with zero attached hydrogens (tertiary/aromatic N) is 2. The number of halogens is 3. The summed E-state index contributed by atoms with van der Waals surface area (Å²) in [5, 5.41) is 23.0. The summed E-state index contributed by atoms with van der Waals surface area (Å²) in [5.74, 6) is -7.12. The molecule has 2 fully saturated rings. The molecule has 6 rings (SSSR count). The topological polar surface area (TPSA) is 146 Å². The monoisotopic (exact) mass is 735 g/mol. The second-order valence-corrected chi connectivity index (χ2v) is 13.6. The number of nitrogens with one attached hydrogen (secondary N) is 1. The third kappa shape index (κ3) is 8.39. The van der Waals surface area contributed by atoms with E-state index in [4.69, 9.17) is 9.47 Å². The Morgan fingerprint density at radius 3 is 2.42 bits per heavy atom. The molecule has 1 saturated carbocycles. The number of fused-ring (bicyclic) bond motifs is 2. The largest absolute Gasteiger partial charge is 0.488 e. The van der Waals surface area contributed by atoms with Gasteiger partial charge in [0, 0.05) is 37.3 Å². The van der Waals surface area contributed by atoms with Crippen molar-refractivity contribution in [3.05, 3.63) is 106 Å². The number of carboxylic acids is 1. The van der Waals surface area contributed by atoms with Gasteiger partial charge >= 0.3 is 5.97 Å². The van der Waals surface area contributed by atoms with Crippen LogP contribution in [0.2, 0.25) is 0 Å². The Labute approximate surface area is 304 Å². The Hall–Kier alpha value is -5.21. The van der Waals surface area contributed by atoms with Gasteiger partial charge in [-0.1, -0.05) is 48.5 Å². The number of carbonyl (C=O) groups is 4.